The Hall–Kier alpha value is -2.00. The zero-order valence-electron chi connectivity index (χ0n) is 13.9. The molecule has 0 fully saturated rings. The van der Waals surface area contributed by atoms with Gasteiger partial charge in [-0.1, -0.05) is 29.8 Å². The number of hydrogen-bond acceptors (Lipinski definition) is 3. The van der Waals surface area contributed by atoms with Crippen LogP contribution in [0.15, 0.2) is 52.3 Å². The lowest BCUT2D eigenvalue weighted by Crippen LogP contribution is -2.40. The Morgan fingerprint density at radius 2 is 1.80 bits per heavy atom. The van der Waals surface area contributed by atoms with Crippen LogP contribution in [0.1, 0.15) is 24.1 Å². The van der Waals surface area contributed by atoms with Gasteiger partial charge in [0.05, 0.1) is 5.83 Å². The van der Waals surface area contributed by atoms with Gasteiger partial charge in [-0.3, -0.25) is 4.99 Å². The SMILES string of the molecule is C=N/C=C(\C=C(/C)F)S(=O)(=O)N(C)[C@H](c1ccc(C)cc1)C(F)(F)F. The van der Waals surface area contributed by atoms with Gasteiger partial charge >= 0.3 is 6.18 Å². The van der Waals surface area contributed by atoms with Crippen molar-refractivity contribution in [2.45, 2.75) is 26.1 Å². The van der Waals surface area contributed by atoms with Crippen LogP contribution in [-0.4, -0.2) is 32.7 Å². The summed E-state index contributed by atoms with van der Waals surface area (Å²) in [5, 5.41) is 0. The number of hydrogen-bond donors (Lipinski definition) is 0. The lowest BCUT2D eigenvalue weighted by Gasteiger charge is -2.29. The van der Waals surface area contributed by atoms with Gasteiger partial charge in [-0.05, 0) is 32.2 Å². The maximum atomic E-state index is 13.5. The van der Waals surface area contributed by atoms with E-state index in [4.69, 9.17) is 0 Å². The first-order valence-electron chi connectivity index (χ1n) is 7.02. The summed E-state index contributed by atoms with van der Waals surface area (Å²) in [6.45, 7) is 5.72. The molecule has 0 unspecified atom stereocenters. The smallest absolute Gasteiger partial charge is 0.271 e. The topological polar surface area (TPSA) is 49.7 Å². The number of nitrogens with zero attached hydrogens (tertiary/aromatic N) is 2. The molecule has 4 nitrogen and oxygen atoms in total. The van der Waals surface area contributed by atoms with Crippen LogP contribution in [0.3, 0.4) is 0 Å². The van der Waals surface area contributed by atoms with E-state index in [-0.39, 0.29) is 9.87 Å². The highest BCUT2D eigenvalue weighted by atomic mass is 32.2. The molecule has 0 heterocycles. The highest BCUT2D eigenvalue weighted by Crippen LogP contribution is 2.39. The molecule has 9 heteroatoms. The van der Waals surface area contributed by atoms with Crippen LogP contribution in [0.5, 0.6) is 0 Å². The molecule has 0 aliphatic heterocycles. The van der Waals surface area contributed by atoms with Crippen molar-refractivity contribution in [2.24, 2.45) is 4.99 Å². The molecule has 0 spiro atoms. The average Bonchev–Trinajstić information content (AvgIpc) is 2.47. The Kier molecular flexibility index (Phi) is 6.67. The van der Waals surface area contributed by atoms with E-state index in [0.29, 0.717) is 12.3 Å². The Balaban J connectivity index is 3.49. The monoisotopic (exact) mass is 378 g/mol. The predicted molar refractivity (Wildman–Crippen MR) is 89.2 cm³/mol. The summed E-state index contributed by atoms with van der Waals surface area (Å²) in [6.07, 6.45) is -3.60. The Labute approximate surface area is 144 Å². The minimum absolute atomic E-state index is 0.147. The van der Waals surface area contributed by atoms with Gasteiger partial charge in [0.15, 0.2) is 0 Å². The zero-order chi connectivity index (χ0) is 19.4. The first kappa shape index (κ1) is 21.0. The standard InChI is InChI=1S/C16H18F4N2O2S/c1-11-5-7-13(8-6-11)15(16(18,19)20)22(4)25(23,24)14(10-21-3)9-12(2)17/h5-10,15H,3H2,1-2,4H3/b12-9+,14-10+/t15-/m1/s1. The molecular formula is C16H18F4N2O2S. The third-order valence-corrected chi connectivity index (χ3v) is 5.09. The number of allylic oxidation sites excluding steroid dienone is 2. The number of rotatable bonds is 6. The lowest BCUT2D eigenvalue weighted by molar-refractivity contribution is -0.171. The van der Waals surface area contributed by atoms with Crippen molar-refractivity contribution in [1.82, 2.24) is 4.31 Å². The summed E-state index contributed by atoms with van der Waals surface area (Å²) in [5.41, 5.74) is 0.471. The second kappa shape index (κ2) is 7.92. The highest BCUT2D eigenvalue weighted by molar-refractivity contribution is 7.93. The number of sulfonamides is 1. The van der Waals surface area contributed by atoms with Gasteiger partial charge in [0, 0.05) is 13.2 Å². The van der Waals surface area contributed by atoms with Gasteiger partial charge in [0.25, 0.3) is 0 Å². The largest absolute Gasteiger partial charge is 0.409 e. The number of benzene rings is 1. The van der Waals surface area contributed by atoms with Crippen LogP contribution < -0.4 is 0 Å². The number of halogens is 4. The second-order valence-electron chi connectivity index (χ2n) is 5.32. The van der Waals surface area contributed by atoms with E-state index in [1.165, 1.54) is 24.3 Å². The molecule has 0 aliphatic carbocycles. The van der Waals surface area contributed by atoms with E-state index in [9.17, 15) is 26.0 Å². The van der Waals surface area contributed by atoms with Gasteiger partial charge in [-0.25, -0.2) is 12.8 Å². The number of aliphatic imine (C=N–C) groups is 1. The van der Waals surface area contributed by atoms with E-state index in [1.807, 2.05) is 0 Å². The predicted octanol–water partition coefficient (Wildman–Crippen LogP) is 4.28. The molecular weight excluding hydrogens is 360 g/mol. The molecule has 0 saturated heterocycles. The van der Waals surface area contributed by atoms with E-state index >= 15 is 0 Å². The van der Waals surface area contributed by atoms with Crippen LogP contribution in [0.25, 0.3) is 0 Å². The van der Waals surface area contributed by atoms with Gasteiger partial charge in [0.2, 0.25) is 10.0 Å². The molecule has 138 valence electrons. The van der Waals surface area contributed by atoms with Gasteiger partial charge in [0.1, 0.15) is 10.9 Å². The summed E-state index contributed by atoms with van der Waals surface area (Å²) in [5.74, 6) is -0.897. The number of aryl methyl sites for hydroxylation is 1. The normalized spacial score (nSPS) is 15.4. The second-order valence-corrected chi connectivity index (χ2v) is 7.32. The molecule has 0 aliphatic rings. The minimum atomic E-state index is -4.88. The third kappa shape index (κ3) is 5.23. The fraction of sp³-hybridized carbons (Fsp3) is 0.312. The molecule has 0 aromatic heterocycles. The molecule has 1 aromatic carbocycles. The van der Waals surface area contributed by atoms with E-state index in [1.54, 1.807) is 6.92 Å². The number of alkyl halides is 3. The average molecular weight is 378 g/mol. The molecule has 0 amide bonds. The fourth-order valence-electron chi connectivity index (χ4n) is 2.12. The minimum Gasteiger partial charge on any atom is -0.271 e. The van der Waals surface area contributed by atoms with Crippen molar-refractivity contribution in [2.75, 3.05) is 7.05 Å². The summed E-state index contributed by atoms with van der Waals surface area (Å²) < 4.78 is 79.0. The first-order chi connectivity index (χ1) is 11.4. The molecule has 0 saturated carbocycles. The van der Waals surface area contributed by atoms with Gasteiger partial charge in [-0.15, -0.1) is 0 Å². The zero-order valence-corrected chi connectivity index (χ0v) is 14.7. The van der Waals surface area contributed by atoms with Gasteiger partial charge < -0.3 is 0 Å². The molecule has 25 heavy (non-hydrogen) atoms. The summed E-state index contributed by atoms with van der Waals surface area (Å²) in [4.78, 5) is 2.50. The summed E-state index contributed by atoms with van der Waals surface area (Å²) in [7, 11) is -3.89. The van der Waals surface area contributed by atoms with Crippen LogP contribution >= 0.6 is 0 Å². The van der Waals surface area contributed by atoms with Crippen LogP contribution in [0.2, 0.25) is 0 Å². The van der Waals surface area contributed by atoms with Crippen molar-refractivity contribution < 1.29 is 26.0 Å². The quantitative estimate of drug-likeness (QED) is 0.422. The maximum Gasteiger partial charge on any atom is 0.409 e. The molecule has 0 N–H and O–H groups in total. The van der Waals surface area contributed by atoms with E-state index in [0.717, 1.165) is 19.5 Å². The molecule has 0 bridgehead atoms. The Morgan fingerprint density at radius 1 is 1.28 bits per heavy atom. The molecule has 1 aromatic rings. The van der Waals surface area contributed by atoms with E-state index < -0.39 is 33.0 Å². The third-order valence-electron chi connectivity index (χ3n) is 3.30. The fourth-order valence-corrected chi connectivity index (χ4v) is 3.49. The summed E-state index contributed by atoms with van der Waals surface area (Å²) in [6, 6.07) is 2.86. The van der Waals surface area contributed by atoms with Gasteiger partial charge in [-0.2, -0.15) is 17.5 Å². The Morgan fingerprint density at radius 3 is 2.20 bits per heavy atom. The van der Waals surface area contributed by atoms with Crippen LogP contribution in [0, 0.1) is 6.92 Å². The van der Waals surface area contributed by atoms with E-state index in [2.05, 4.69) is 11.7 Å². The Bertz CT molecular complexity index is 777. The first-order valence-corrected chi connectivity index (χ1v) is 8.46. The van der Waals surface area contributed by atoms with Crippen molar-refractivity contribution in [1.29, 1.82) is 0 Å². The molecule has 1 atom stereocenters. The molecule has 1 rings (SSSR count). The van der Waals surface area contributed by atoms with Crippen molar-refractivity contribution in [3.05, 3.63) is 58.4 Å². The van der Waals surface area contributed by atoms with Crippen molar-refractivity contribution in [3.63, 3.8) is 0 Å². The van der Waals surface area contributed by atoms with Crippen LogP contribution in [0.4, 0.5) is 17.6 Å². The van der Waals surface area contributed by atoms with Crippen molar-refractivity contribution in [3.8, 4) is 0 Å². The molecule has 0 radical (unpaired) electrons. The van der Waals surface area contributed by atoms with Crippen LogP contribution in [-0.2, 0) is 10.0 Å². The maximum absolute atomic E-state index is 13.5. The van der Waals surface area contributed by atoms with Crippen molar-refractivity contribution >= 4 is 16.7 Å². The lowest BCUT2D eigenvalue weighted by atomic mass is 10.1. The highest BCUT2D eigenvalue weighted by Gasteiger charge is 2.47. The summed E-state index contributed by atoms with van der Waals surface area (Å²) >= 11 is 0.